The SMILES string of the molecule is C=Nc1ccc(/C=c2\nc(SCC)[nH]c2=C)cc1N=C. The van der Waals surface area contributed by atoms with Crippen molar-refractivity contribution in [1.82, 2.24) is 9.97 Å². The summed E-state index contributed by atoms with van der Waals surface area (Å²) in [6, 6.07) is 5.71. The van der Waals surface area contributed by atoms with Crippen molar-refractivity contribution in [2.45, 2.75) is 12.1 Å². The fraction of sp³-hybridized carbons (Fsp3) is 0.133. The lowest BCUT2D eigenvalue weighted by Crippen LogP contribution is -2.22. The molecule has 0 saturated heterocycles. The van der Waals surface area contributed by atoms with Gasteiger partial charge in [0.05, 0.1) is 22.1 Å². The number of aromatic nitrogens is 2. The maximum atomic E-state index is 4.50. The third kappa shape index (κ3) is 3.05. The summed E-state index contributed by atoms with van der Waals surface area (Å²) in [4.78, 5) is 15.5. The van der Waals surface area contributed by atoms with Gasteiger partial charge in [0.2, 0.25) is 0 Å². The molecule has 4 nitrogen and oxygen atoms in total. The number of nitrogens with zero attached hydrogens (tertiary/aromatic N) is 3. The minimum absolute atomic E-state index is 0.707. The Bertz CT molecular complexity index is 746. The average molecular weight is 284 g/mol. The number of aliphatic imine (C=N–C) groups is 2. The summed E-state index contributed by atoms with van der Waals surface area (Å²) >= 11 is 1.66. The molecule has 20 heavy (non-hydrogen) atoms. The van der Waals surface area contributed by atoms with Crippen molar-refractivity contribution in [2.24, 2.45) is 9.98 Å². The maximum Gasteiger partial charge on any atom is 0.166 e. The molecule has 0 spiro atoms. The van der Waals surface area contributed by atoms with E-state index in [-0.39, 0.29) is 0 Å². The summed E-state index contributed by atoms with van der Waals surface area (Å²) in [6.45, 7) is 13.1. The molecule has 0 aliphatic heterocycles. The van der Waals surface area contributed by atoms with Crippen LogP contribution >= 0.6 is 11.8 Å². The first-order chi connectivity index (χ1) is 9.67. The van der Waals surface area contributed by atoms with Gasteiger partial charge < -0.3 is 4.98 Å². The third-order valence-electron chi connectivity index (χ3n) is 2.71. The topological polar surface area (TPSA) is 53.4 Å². The van der Waals surface area contributed by atoms with Gasteiger partial charge >= 0.3 is 0 Å². The van der Waals surface area contributed by atoms with Crippen LogP contribution in [0.1, 0.15) is 12.5 Å². The summed E-state index contributed by atoms with van der Waals surface area (Å²) in [6.07, 6.45) is 1.96. The van der Waals surface area contributed by atoms with E-state index in [0.29, 0.717) is 5.69 Å². The van der Waals surface area contributed by atoms with Crippen LogP contribution in [0.4, 0.5) is 11.4 Å². The van der Waals surface area contributed by atoms with Gasteiger partial charge in [-0.3, -0.25) is 9.98 Å². The molecule has 1 heterocycles. The molecule has 1 N–H and O–H groups in total. The van der Waals surface area contributed by atoms with E-state index in [1.165, 1.54) is 0 Å². The number of thioether (sulfide) groups is 1. The lowest BCUT2D eigenvalue weighted by Gasteiger charge is -2.00. The van der Waals surface area contributed by atoms with Gasteiger partial charge in [0.15, 0.2) is 5.16 Å². The van der Waals surface area contributed by atoms with E-state index >= 15 is 0 Å². The highest BCUT2D eigenvalue weighted by Gasteiger charge is 2.01. The summed E-state index contributed by atoms with van der Waals surface area (Å²) in [5.74, 6) is 0.969. The summed E-state index contributed by atoms with van der Waals surface area (Å²) in [7, 11) is 0. The van der Waals surface area contributed by atoms with E-state index < -0.39 is 0 Å². The Morgan fingerprint density at radius 1 is 1.30 bits per heavy atom. The Morgan fingerprint density at radius 2 is 2.05 bits per heavy atom. The monoisotopic (exact) mass is 284 g/mol. The smallest absolute Gasteiger partial charge is 0.166 e. The highest BCUT2D eigenvalue weighted by atomic mass is 32.2. The quantitative estimate of drug-likeness (QED) is 0.677. The second-order valence-corrected chi connectivity index (χ2v) is 5.30. The molecule has 2 rings (SSSR count). The standard InChI is InChI=1S/C15H16N4S/c1-5-20-15-18-10(2)13(19-15)8-11-6-7-12(16-3)14(9-11)17-4/h6-9H,2-5H2,1H3,(H,18,19)/b13-8-. The van der Waals surface area contributed by atoms with Gasteiger partial charge in [0, 0.05) is 0 Å². The van der Waals surface area contributed by atoms with E-state index in [1.54, 1.807) is 11.8 Å². The predicted octanol–water partition coefficient (Wildman–Crippen LogP) is 2.43. The van der Waals surface area contributed by atoms with E-state index in [0.717, 1.165) is 32.9 Å². The second kappa shape index (κ2) is 6.34. The van der Waals surface area contributed by atoms with Gasteiger partial charge in [-0.15, -0.1) is 0 Å². The molecule has 0 radical (unpaired) electrons. The minimum atomic E-state index is 0.707. The molecule has 1 aromatic heterocycles. The van der Waals surface area contributed by atoms with Gasteiger partial charge in [0.1, 0.15) is 0 Å². The molecule has 2 aromatic rings. The molecule has 0 unspecified atom stereocenters. The molecule has 0 saturated carbocycles. The van der Waals surface area contributed by atoms with Crippen molar-refractivity contribution in [3.05, 3.63) is 34.5 Å². The molecular formula is C15H16N4S. The normalized spacial score (nSPS) is 11.6. The first kappa shape index (κ1) is 14.3. The Balaban J connectivity index is 2.47. The van der Waals surface area contributed by atoms with E-state index in [2.05, 4.69) is 46.9 Å². The van der Waals surface area contributed by atoms with Crippen molar-refractivity contribution in [1.29, 1.82) is 0 Å². The van der Waals surface area contributed by atoms with Crippen LogP contribution in [-0.2, 0) is 0 Å². The minimum Gasteiger partial charge on any atom is -0.333 e. The van der Waals surface area contributed by atoms with Crippen molar-refractivity contribution in [3.63, 3.8) is 0 Å². The van der Waals surface area contributed by atoms with Crippen molar-refractivity contribution >= 4 is 49.2 Å². The Morgan fingerprint density at radius 3 is 2.70 bits per heavy atom. The van der Waals surface area contributed by atoms with Gasteiger partial charge in [-0.05, 0) is 43.0 Å². The van der Waals surface area contributed by atoms with Gasteiger partial charge in [0.25, 0.3) is 0 Å². The molecule has 5 heteroatoms. The van der Waals surface area contributed by atoms with Crippen molar-refractivity contribution in [3.8, 4) is 0 Å². The van der Waals surface area contributed by atoms with Crippen LogP contribution in [0.15, 0.2) is 33.3 Å². The molecule has 0 amide bonds. The molecule has 0 aliphatic carbocycles. The van der Waals surface area contributed by atoms with E-state index in [9.17, 15) is 0 Å². The van der Waals surface area contributed by atoms with Crippen molar-refractivity contribution in [2.75, 3.05) is 5.75 Å². The number of rotatable bonds is 5. The molecule has 0 aliphatic rings. The number of H-pyrrole nitrogens is 1. The van der Waals surface area contributed by atoms with Crippen LogP contribution in [0.2, 0.25) is 0 Å². The lowest BCUT2D eigenvalue weighted by molar-refractivity contribution is 1.04. The molecule has 0 fully saturated rings. The molecule has 1 aromatic carbocycles. The zero-order valence-electron chi connectivity index (χ0n) is 11.4. The number of hydrogen-bond acceptors (Lipinski definition) is 4. The van der Waals surface area contributed by atoms with Crippen LogP contribution in [0.3, 0.4) is 0 Å². The average Bonchev–Trinajstić information content (AvgIpc) is 2.79. The second-order valence-electron chi connectivity index (χ2n) is 4.05. The summed E-state index contributed by atoms with van der Waals surface area (Å²) < 4.78 is 0. The lowest BCUT2D eigenvalue weighted by atomic mass is 10.1. The van der Waals surface area contributed by atoms with Crippen LogP contribution in [0, 0.1) is 0 Å². The van der Waals surface area contributed by atoms with Crippen molar-refractivity contribution < 1.29 is 0 Å². The number of nitrogens with one attached hydrogen (secondary N) is 1. The zero-order chi connectivity index (χ0) is 14.5. The fourth-order valence-corrected chi connectivity index (χ4v) is 2.40. The largest absolute Gasteiger partial charge is 0.333 e. The Kier molecular flexibility index (Phi) is 4.53. The third-order valence-corrected chi connectivity index (χ3v) is 3.47. The maximum absolute atomic E-state index is 4.50. The number of benzene rings is 1. The number of hydrogen-bond donors (Lipinski definition) is 1. The van der Waals surface area contributed by atoms with Crippen LogP contribution < -0.4 is 10.7 Å². The molecule has 0 atom stereocenters. The van der Waals surface area contributed by atoms with E-state index in [1.807, 2.05) is 24.3 Å². The predicted molar refractivity (Wildman–Crippen MR) is 88.2 cm³/mol. The zero-order valence-corrected chi connectivity index (χ0v) is 12.2. The van der Waals surface area contributed by atoms with Gasteiger partial charge in [-0.2, -0.15) is 0 Å². The molecular weight excluding hydrogens is 268 g/mol. The summed E-state index contributed by atoms with van der Waals surface area (Å²) in [5.41, 5.74) is 2.40. The van der Waals surface area contributed by atoms with Crippen LogP contribution in [0.5, 0.6) is 0 Å². The molecule has 102 valence electrons. The van der Waals surface area contributed by atoms with Gasteiger partial charge in [-0.25, -0.2) is 4.98 Å². The number of imidazole rings is 1. The fourth-order valence-electron chi connectivity index (χ4n) is 1.77. The highest BCUT2D eigenvalue weighted by molar-refractivity contribution is 7.99. The van der Waals surface area contributed by atoms with Gasteiger partial charge in [-0.1, -0.05) is 31.3 Å². The number of aromatic amines is 1. The molecule has 0 bridgehead atoms. The Hall–Kier alpha value is -2.14. The first-order valence-electron chi connectivity index (χ1n) is 6.15. The Labute approximate surface area is 122 Å². The highest BCUT2D eigenvalue weighted by Crippen LogP contribution is 2.28. The summed E-state index contributed by atoms with van der Waals surface area (Å²) in [5, 5.41) is 2.52. The van der Waals surface area contributed by atoms with E-state index in [4.69, 9.17) is 0 Å². The van der Waals surface area contributed by atoms with Crippen LogP contribution in [0.25, 0.3) is 12.7 Å². The first-order valence-corrected chi connectivity index (χ1v) is 7.13. The van der Waals surface area contributed by atoms with Crippen LogP contribution in [-0.4, -0.2) is 29.2 Å².